The van der Waals surface area contributed by atoms with Crippen LogP contribution in [0.2, 0.25) is 0 Å². The number of aromatic nitrogens is 4. The van der Waals surface area contributed by atoms with E-state index in [1.807, 2.05) is 25.1 Å². The van der Waals surface area contributed by atoms with Crippen molar-refractivity contribution in [2.45, 2.75) is 18.6 Å². The molecule has 0 unspecified atom stereocenters. The zero-order chi connectivity index (χ0) is 13.0. The average Bonchev–Trinajstić information content (AvgIpc) is 2.74. The zero-order valence-electron chi connectivity index (χ0n) is 9.78. The predicted octanol–water partition coefficient (Wildman–Crippen LogP) is 1.21. The van der Waals surface area contributed by atoms with Crippen molar-refractivity contribution in [3.63, 3.8) is 0 Å². The molecule has 7 heteroatoms. The van der Waals surface area contributed by atoms with Crippen molar-refractivity contribution in [1.29, 1.82) is 0 Å². The van der Waals surface area contributed by atoms with Gasteiger partial charge in [0.1, 0.15) is 6.33 Å². The quantitative estimate of drug-likeness (QED) is 0.817. The third kappa shape index (κ3) is 3.30. The molecule has 0 spiro atoms. The number of aliphatic carboxylic acids is 1. The van der Waals surface area contributed by atoms with Gasteiger partial charge in [0, 0.05) is 5.69 Å². The molecule has 2 aromatic rings. The molecule has 0 bridgehead atoms. The third-order valence-corrected chi connectivity index (χ3v) is 3.15. The molecule has 0 amide bonds. The van der Waals surface area contributed by atoms with E-state index in [0.29, 0.717) is 11.7 Å². The van der Waals surface area contributed by atoms with Crippen LogP contribution in [0.1, 0.15) is 11.4 Å². The fourth-order valence-electron chi connectivity index (χ4n) is 1.45. The van der Waals surface area contributed by atoms with E-state index in [1.165, 1.54) is 0 Å². The van der Waals surface area contributed by atoms with Crippen LogP contribution in [0.5, 0.6) is 0 Å². The van der Waals surface area contributed by atoms with Crippen LogP contribution in [0.3, 0.4) is 0 Å². The molecule has 0 fully saturated rings. The van der Waals surface area contributed by atoms with Crippen molar-refractivity contribution >= 4 is 17.7 Å². The minimum atomic E-state index is -0.872. The van der Waals surface area contributed by atoms with Gasteiger partial charge in [-0.1, -0.05) is 17.8 Å². The fraction of sp³-hybridized carbons (Fsp3) is 0.273. The summed E-state index contributed by atoms with van der Waals surface area (Å²) in [5.41, 5.74) is 1.84. The monoisotopic (exact) mass is 264 g/mol. The second-order valence-corrected chi connectivity index (χ2v) is 4.64. The molecule has 1 N–H and O–H groups in total. The van der Waals surface area contributed by atoms with Gasteiger partial charge in [-0.05, 0) is 19.1 Å². The van der Waals surface area contributed by atoms with Crippen molar-refractivity contribution in [2.75, 3.05) is 5.75 Å². The molecule has 0 atom stereocenters. The van der Waals surface area contributed by atoms with E-state index in [4.69, 9.17) is 5.11 Å². The van der Waals surface area contributed by atoms with E-state index >= 15 is 0 Å². The van der Waals surface area contributed by atoms with Gasteiger partial charge >= 0.3 is 5.97 Å². The molecule has 0 aliphatic carbocycles. The predicted molar refractivity (Wildman–Crippen MR) is 66.5 cm³/mol. The molecule has 0 radical (unpaired) electrons. The summed E-state index contributed by atoms with van der Waals surface area (Å²) in [4.78, 5) is 14.9. The van der Waals surface area contributed by atoms with E-state index in [9.17, 15) is 4.79 Å². The molecule has 2 aromatic heterocycles. The highest BCUT2D eigenvalue weighted by molar-refractivity contribution is 7.99. The van der Waals surface area contributed by atoms with E-state index in [-0.39, 0.29) is 5.75 Å². The number of rotatable bonds is 5. The summed E-state index contributed by atoms with van der Waals surface area (Å²) < 4.78 is 1.79. The molecule has 0 saturated carbocycles. The molecule has 0 saturated heterocycles. The number of carbonyl (C=O) groups is 1. The smallest absolute Gasteiger partial charge is 0.313 e. The molecular formula is C11H12N4O2S. The summed E-state index contributed by atoms with van der Waals surface area (Å²) in [5, 5.41) is 16.9. The normalized spacial score (nSPS) is 10.5. The number of hydrogen-bond acceptors (Lipinski definition) is 5. The average molecular weight is 264 g/mol. The first-order chi connectivity index (χ1) is 8.65. The van der Waals surface area contributed by atoms with E-state index in [1.54, 1.807) is 10.9 Å². The second-order valence-electron chi connectivity index (χ2n) is 3.69. The number of thioether (sulfide) groups is 1. The van der Waals surface area contributed by atoms with Gasteiger partial charge in [0.25, 0.3) is 0 Å². The molecule has 0 aliphatic rings. The highest BCUT2D eigenvalue weighted by Gasteiger charge is 2.08. The van der Waals surface area contributed by atoms with E-state index < -0.39 is 5.97 Å². The summed E-state index contributed by atoms with van der Waals surface area (Å²) in [6.45, 7) is 2.46. The van der Waals surface area contributed by atoms with Gasteiger partial charge in [0.2, 0.25) is 0 Å². The first-order valence-corrected chi connectivity index (χ1v) is 6.28. The van der Waals surface area contributed by atoms with Crippen molar-refractivity contribution < 1.29 is 9.90 Å². The fourth-order valence-corrected chi connectivity index (χ4v) is 2.09. The van der Waals surface area contributed by atoms with Crippen molar-refractivity contribution in [3.8, 4) is 0 Å². The molecule has 2 rings (SSSR count). The lowest BCUT2D eigenvalue weighted by molar-refractivity contribution is -0.133. The van der Waals surface area contributed by atoms with Gasteiger partial charge in [-0.25, -0.2) is 0 Å². The maximum absolute atomic E-state index is 10.5. The van der Waals surface area contributed by atoms with Gasteiger partial charge in [-0.15, -0.1) is 10.2 Å². The summed E-state index contributed by atoms with van der Waals surface area (Å²) in [6, 6.07) is 5.78. The topological polar surface area (TPSA) is 80.9 Å². The van der Waals surface area contributed by atoms with Gasteiger partial charge in [0.05, 0.1) is 18.0 Å². The van der Waals surface area contributed by atoms with Crippen LogP contribution >= 0.6 is 11.8 Å². The lowest BCUT2D eigenvalue weighted by Gasteiger charge is -2.05. The summed E-state index contributed by atoms with van der Waals surface area (Å²) in [5.74, 6) is -0.900. The lowest BCUT2D eigenvalue weighted by Crippen LogP contribution is -2.05. The molecule has 94 valence electrons. The maximum Gasteiger partial charge on any atom is 0.313 e. The van der Waals surface area contributed by atoms with Crippen molar-refractivity contribution in [3.05, 3.63) is 35.9 Å². The van der Waals surface area contributed by atoms with Crippen LogP contribution < -0.4 is 0 Å². The standard InChI is InChI=1S/C11H12N4O2S/c1-8-3-2-4-9(13-8)5-15-7-12-14-11(15)18-6-10(16)17/h2-4,7H,5-6H2,1H3,(H,16,17). The molecule has 0 aliphatic heterocycles. The van der Waals surface area contributed by atoms with Crippen LogP contribution in [0.25, 0.3) is 0 Å². The Morgan fingerprint density at radius 3 is 3.06 bits per heavy atom. The Kier molecular flexibility index (Phi) is 3.93. The second kappa shape index (κ2) is 5.63. The molecule has 18 heavy (non-hydrogen) atoms. The highest BCUT2D eigenvalue weighted by atomic mass is 32.2. The Labute approximate surface area is 108 Å². The minimum absolute atomic E-state index is 0.0278. The summed E-state index contributed by atoms with van der Waals surface area (Å²) in [7, 11) is 0. The number of nitrogens with zero attached hydrogens (tertiary/aromatic N) is 4. The van der Waals surface area contributed by atoms with Gasteiger partial charge in [-0.2, -0.15) is 0 Å². The first kappa shape index (κ1) is 12.6. The Balaban J connectivity index is 2.10. The van der Waals surface area contributed by atoms with E-state index in [2.05, 4.69) is 15.2 Å². The van der Waals surface area contributed by atoms with Crippen molar-refractivity contribution in [1.82, 2.24) is 19.7 Å². The SMILES string of the molecule is Cc1cccc(Cn2cnnc2SCC(=O)O)n1. The van der Waals surface area contributed by atoms with Crippen molar-refractivity contribution in [2.24, 2.45) is 0 Å². The van der Waals surface area contributed by atoms with Crippen LogP contribution in [0.4, 0.5) is 0 Å². The zero-order valence-corrected chi connectivity index (χ0v) is 10.6. The lowest BCUT2D eigenvalue weighted by atomic mass is 10.3. The van der Waals surface area contributed by atoms with Crippen LogP contribution in [-0.4, -0.2) is 36.6 Å². The number of carboxylic acids is 1. The Hall–Kier alpha value is -1.89. The van der Waals surface area contributed by atoms with Gasteiger partial charge in [0.15, 0.2) is 5.16 Å². The number of aryl methyl sites for hydroxylation is 1. The van der Waals surface area contributed by atoms with E-state index in [0.717, 1.165) is 23.1 Å². The Bertz CT molecular complexity index is 555. The largest absolute Gasteiger partial charge is 0.481 e. The third-order valence-electron chi connectivity index (χ3n) is 2.18. The summed E-state index contributed by atoms with van der Waals surface area (Å²) >= 11 is 1.15. The molecular weight excluding hydrogens is 252 g/mol. The first-order valence-electron chi connectivity index (χ1n) is 5.30. The number of carboxylic acid groups (broad SMARTS) is 1. The number of hydrogen-bond donors (Lipinski definition) is 1. The highest BCUT2D eigenvalue weighted by Crippen LogP contribution is 2.15. The molecule has 0 aromatic carbocycles. The maximum atomic E-state index is 10.5. The summed E-state index contributed by atoms with van der Waals surface area (Å²) in [6.07, 6.45) is 1.58. The van der Waals surface area contributed by atoms with Gasteiger partial charge in [-0.3, -0.25) is 9.78 Å². The Morgan fingerprint density at radius 2 is 2.33 bits per heavy atom. The van der Waals surface area contributed by atoms with Crippen LogP contribution in [-0.2, 0) is 11.3 Å². The number of pyridine rings is 1. The Morgan fingerprint density at radius 1 is 1.50 bits per heavy atom. The molecule has 2 heterocycles. The van der Waals surface area contributed by atoms with Crippen LogP contribution in [0.15, 0.2) is 29.7 Å². The molecule has 6 nitrogen and oxygen atoms in total. The van der Waals surface area contributed by atoms with Gasteiger partial charge < -0.3 is 9.67 Å². The van der Waals surface area contributed by atoms with Crippen LogP contribution in [0, 0.1) is 6.92 Å². The minimum Gasteiger partial charge on any atom is -0.481 e.